The van der Waals surface area contributed by atoms with Crippen molar-refractivity contribution in [3.63, 3.8) is 0 Å². The molecule has 0 unspecified atom stereocenters. The van der Waals surface area contributed by atoms with E-state index in [4.69, 9.17) is 0 Å². The monoisotopic (exact) mass is 207 g/mol. The zero-order valence-corrected chi connectivity index (χ0v) is 8.54. The summed E-state index contributed by atoms with van der Waals surface area (Å²) in [6.07, 6.45) is 1.53. The lowest BCUT2D eigenvalue weighted by atomic mass is 10.2. The number of hydrogen-bond acceptors (Lipinski definition) is 4. The number of hydrogen-bond donors (Lipinski definition) is 1. The highest BCUT2D eigenvalue weighted by Crippen LogP contribution is 2.00. The van der Waals surface area contributed by atoms with Crippen molar-refractivity contribution in [2.45, 2.75) is 0 Å². The van der Waals surface area contributed by atoms with Gasteiger partial charge in [-0.2, -0.15) is 12.6 Å². The van der Waals surface area contributed by atoms with Gasteiger partial charge in [0.05, 0.1) is 12.9 Å². The van der Waals surface area contributed by atoms with Gasteiger partial charge in [-0.05, 0) is 12.1 Å². The topological polar surface area (TPSA) is 39.2 Å². The predicted octanol–water partition coefficient (Wildman–Crippen LogP) is 1.15. The van der Waals surface area contributed by atoms with Crippen LogP contribution in [0.25, 0.3) is 0 Å². The molecule has 72 valence electrons. The highest BCUT2D eigenvalue weighted by Gasteiger charge is 2.04. The van der Waals surface area contributed by atoms with Gasteiger partial charge in [-0.3, -0.25) is 0 Å². The van der Waals surface area contributed by atoms with E-state index >= 15 is 0 Å². The van der Waals surface area contributed by atoms with Gasteiger partial charge in [0.2, 0.25) is 0 Å². The summed E-state index contributed by atoms with van der Waals surface area (Å²) in [4.78, 5) is 14.9. The van der Waals surface area contributed by atoms with Gasteiger partial charge in [-0.15, -0.1) is 0 Å². The van der Waals surface area contributed by atoms with E-state index in [1.165, 1.54) is 13.3 Å². The second-order valence-electron chi connectivity index (χ2n) is 2.38. The number of aromatic nitrogens is 1. The Labute approximate surface area is 87.9 Å². The van der Waals surface area contributed by atoms with Crippen molar-refractivity contribution in [1.82, 2.24) is 4.98 Å². The number of thiol groups is 1. The normalized spacial score (nSPS) is 8.71. The molecule has 3 nitrogen and oxygen atoms in total. The van der Waals surface area contributed by atoms with Crippen LogP contribution in [-0.4, -0.2) is 23.8 Å². The van der Waals surface area contributed by atoms with E-state index in [1.807, 2.05) is 0 Å². The van der Waals surface area contributed by atoms with Crippen LogP contribution in [0.3, 0.4) is 0 Å². The van der Waals surface area contributed by atoms with Crippen LogP contribution < -0.4 is 0 Å². The molecule has 0 aliphatic heterocycles. The molecule has 1 heterocycles. The minimum atomic E-state index is -0.446. The predicted molar refractivity (Wildman–Crippen MR) is 56.3 cm³/mol. The standard InChI is InChI=1S/C10H9NO2S/c1-13-10(12)9-5-4-8(7-11-9)3-2-6-14/h4-5,7,14H,6H2,1H3. The van der Waals surface area contributed by atoms with E-state index in [0.29, 0.717) is 5.75 Å². The van der Waals surface area contributed by atoms with Gasteiger partial charge in [0.25, 0.3) is 0 Å². The molecule has 0 bridgehead atoms. The zero-order chi connectivity index (χ0) is 10.4. The minimum absolute atomic E-state index is 0.281. The van der Waals surface area contributed by atoms with Gasteiger partial charge < -0.3 is 4.74 Å². The van der Waals surface area contributed by atoms with E-state index in [2.05, 4.69) is 34.2 Å². The molecule has 14 heavy (non-hydrogen) atoms. The van der Waals surface area contributed by atoms with Crippen molar-refractivity contribution in [1.29, 1.82) is 0 Å². The summed E-state index contributed by atoms with van der Waals surface area (Å²) < 4.78 is 4.51. The van der Waals surface area contributed by atoms with Gasteiger partial charge in [0.1, 0.15) is 5.69 Å². The van der Waals surface area contributed by atoms with Crippen molar-refractivity contribution in [2.75, 3.05) is 12.9 Å². The maximum atomic E-state index is 11.0. The molecule has 1 aromatic heterocycles. The van der Waals surface area contributed by atoms with E-state index in [0.717, 1.165) is 5.56 Å². The van der Waals surface area contributed by atoms with Gasteiger partial charge in [0.15, 0.2) is 0 Å². The quantitative estimate of drug-likeness (QED) is 0.426. The summed E-state index contributed by atoms with van der Waals surface area (Å²) in [5.41, 5.74) is 1.04. The fraction of sp³-hybridized carbons (Fsp3) is 0.200. The minimum Gasteiger partial charge on any atom is -0.464 e. The molecule has 1 aromatic rings. The lowest BCUT2D eigenvalue weighted by Crippen LogP contribution is -2.03. The highest BCUT2D eigenvalue weighted by molar-refractivity contribution is 7.80. The maximum absolute atomic E-state index is 11.0. The van der Waals surface area contributed by atoms with Crippen molar-refractivity contribution in [2.24, 2.45) is 0 Å². The first kappa shape index (κ1) is 10.6. The summed E-state index contributed by atoms with van der Waals surface area (Å²) in [6.45, 7) is 0. The first-order chi connectivity index (χ1) is 6.77. The molecule has 0 fully saturated rings. The number of esters is 1. The molecule has 0 saturated carbocycles. The average Bonchev–Trinajstić information content (AvgIpc) is 2.26. The van der Waals surface area contributed by atoms with Crippen LogP contribution in [0.5, 0.6) is 0 Å². The van der Waals surface area contributed by atoms with Crippen LogP contribution in [0.1, 0.15) is 16.1 Å². The molecule has 0 N–H and O–H groups in total. The molecule has 0 saturated heterocycles. The number of pyridine rings is 1. The summed E-state index contributed by atoms with van der Waals surface area (Å²) in [6, 6.07) is 3.30. The highest BCUT2D eigenvalue weighted by atomic mass is 32.1. The van der Waals surface area contributed by atoms with Gasteiger partial charge in [-0.1, -0.05) is 11.8 Å². The van der Waals surface area contributed by atoms with Crippen molar-refractivity contribution in [3.05, 3.63) is 29.6 Å². The zero-order valence-electron chi connectivity index (χ0n) is 7.65. The molecule has 0 radical (unpaired) electrons. The fourth-order valence-corrected chi connectivity index (χ4v) is 0.914. The average molecular weight is 207 g/mol. The SMILES string of the molecule is COC(=O)c1ccc(C#CCS)cn1. The number of nitrogens with zero attached hydrogens (tertiary/aromatic N) is 1. The molecule has 0 aliphatic rings. The first-order valence-electron chi connectivity index (χ1n) is 3.92. The fourth-order valence-electron chi connectivity index (χ4n) is 0.835. The van der Waals surface area contributed by atoms with E-state index in [1.54, 1.807) is 12.1 Å². The molecule has 1 rings (SSSR count). The van der Waals surface area contributed by atoms with Crippen molar-refractivity contribution < 1.29 is 9.53 Å². The Bertz CT molecular complexity index is 375. The number of carbonyl (C=O) groups is 1. The van der Waals surface area contributed by atoms with Crippen LogP contribution in [0.4, 0.5) is 0 Å². The second-order valence-corrected chi connectivity index (χ2v) is 2.70. The van der Waals surface area contributed by atoms with Crippen LogP contribution in [0, 0.1) is 11.8 Å². The van der Waals surface area contributed by atoms with Crippen LogP contribution in [-0.2, 0) is 4.74 Å². The third kappa shape index (κ3) is 2.79. The molecule has 0 aromatic carbocycles. The van der Waals surface area contributed by atoms with E-state index in [-0.39, 0.29) is 5.69 Å². The second kappa shape index (κ2) is 5.30. The Balaban J connectivity index is 2.83. The summed E-state index contributed by atoms with van der Waals surface area (Å²) in [5.74, 6) is 5.68. The number of ether oxygens (including phenoxy) is 1. The Hall–Kier alpha value is -1.47. The van der Waals surface area contributed by atoms with Crippen LogP contribution >= 0.6 is 12.6 Å². The Morgan fingerprint density at radius 1 is 1.64 bits per heavy atom. The third-order valence-electron chi connectivity index (χ3n) is 1.47. The van der Waals surface area contributed by atoms with Gasteiger partial charge in [0, 0.05) is 11.8 Å². The molecule has 0 spiro atoms. The van der Waals surface area contributed by atoms with Crippen LogP contribution in [0.15, 0.2) is 18.3 Å². The maximum Gasteiger partial charge on any atom is 0.356 e. The third-order valence-corrected chi connectivity index (χ3v) is 1.63. The Morgan fingerprint density at radius 2 is 2.43 bits per heavy atom. The molecule has 0 aliphatic carbocycles. The van der Waals surface area contributed by atoms with Gasteiger partial charge >= 0.3 is 5.97 Å². The molecular weight excluding hydrogens is 198 g/mol. The van der Waals surface area contributed by atoms with E-state index in [9.17, 15) is 4.79 Å². The molecule has 0 atom stereocenters. The largest absolute Gasteiger partial charge is 0.464 e. The number of methoxy groups -OCH3 is 1. The smallest absolute Gasteiger partial charge is 0.356 e. The first-order valence-corrected chi connectivity index (χ1v) is 4.55. The number of carbonyl (C=O) groups excluding carboxylic acids is 1. The summed E-state index contributed by atoms with van der Waals surface area (Å²) in [5, 5.41) is 0. The molecule has 4 heteroatoms. The molecular formula is C10H9NO2S. The summed E-state index contributed by atoms with van der Waals surface area (Å²) in [7, 11) is 1.32. The Kier molecular flexibility index (Phi) is 4.02. The molecule has 0 amide bonds. The van der Waals surface area contributed by atoms with E-state index < -0.39 is 5.97 Å². The summed E-state index contributed by atoms with van der Waals surface area (Å²) >= 11 is 3.95. The Morgan fingerprint density at radius 3 is 2.93 bits per heavy atom. The van der Waals surface area contributed by atoms with Crippen molar-refractivity contribution >= 4 is 18.6 Å². The van der Waals surface area contributed by atoms with Crippen LogP contribution in [0.2, 0.25) is 0 Å². The lowest BCUT2D eigenvalue weighted by Gasteiger charge is -1.96. The van der Waals surface area contributed by atoms with Gasteiger partial charge in [-0.25, -0.2) is 9.78 Å². The number of rotatable bonds is 1. The van der Waals surface area contributed by atoms with Crippen molar-refractivity contribution in [3.8, 4) is 11.8 Å². The lowest BCUT2D eigenvalue weighted by molar-refractivity contribution is 0.0594.